The summed E-state index contributed by atoms with van der Waals surface area (Å²) in [6.45, 7) is 1.25. The molecule has 5 nitrogen and oxygen atoms in total. The van der Waals surface area contributed by atoms with Gasteiger partial charge in [-0.15, -0.1) is 0 Å². The van der Waals surface area contributed by atoms with Gasteiger partial charge in [0.15, 0.2) is 6.61 Å². The molecule has 5 heteroatoms. The van der Waals surface area contributed by atoms with E-state index < -0.39 is 5.97 Å². The van der Waals surface area contributed by atoms with Gasteiger partial charge in [0.2, 0.25) is 0 Å². The van der Waals surface area contributed by atoms with Crippen molar-refractivity contribution in [2.75, 3.05) is 19.7 Å². The minimum absolute atomic E-state index is 0.144. The number of esters is 1. The van der Waals surface area contributed by atoms with E-state index in [1.807, 2.05) is 0 Å². The Morgan fingerprint density at radius 3 is 2.24 bits per heavy atom. The van der Waals surface area contributed by atoms with Crippen molar-refractivity contribution in [1.82, 2.24) is 4.90 Å². The average Bonchev–Trinajstić information content (AvgIpc) is 2.81. The molecule has 0 N–H and O–H groups in total. The predicted molar refractivity (Wildman–Crippen MR) is 77.2 cm³/mol. The van der Waals surface area contributed by atoms with Crippen molar-refractivity contribution in [3.05, 3.63) is 35.4 Å². The molecule has 0 atom stereocenters. The van der Waals surface area contributed by atoms with Crippen molar-refractivity contribution in [3.8, 4) is 0 Å². The quantitative estimate of drug-likeness (QED) is 0.628. The molecule has 1 heterocycles. The molecule has 0 saturated carbocycles. The molecular weight excluding hydrogens is 270 g/mol. The fourth-order valence-corrected chi connectivity index (χ4v) is 2.32. The fraction of sp³-hybridized carbons (Fsp3) is 0.438. The van der Waals surface area contributed by atoms with E-state index in [0.717, 1.165) is 38.8 Å². The first-order valence-electron chi connectivity index (χ1n) is 7.21. The smallest absolute Gasteiger partial charge is 0.338 e. The van der Waals surface area contributed by atoms with Crippen molar-refractivity contribution in [2.24, 2.45) is 0 Å². The number of nitrogens with zero attached hydrogens (tertiary/aromatic N) is 1. The van der Waals surface area contributed by atoms with Crippen LogP contribution in [0.15, 0.2) is 24.3 Å². The van der Waals surface area contributed by atoms with Crippen molar-refractivity contribution in [2.45, 2.75) is 25.7 Å². The highest BCUT2D eigenvalue weighted by Gasteiger charge is 2.17. The van der Waals surface area contributed by atoms with E-state index in [4.69, 9.17) is 4.74 Å². The topological polar surface area (TPSA) is 63.7 Å². The second-order valence-corrected chi connectivity index (χ2v) is 5.11. The summed E-state index contributed by atoms with van der Waals surface area (Å²) < 4.78 is 5.04. The molecule has 0 aliphatic carbocycles. The van der Waals surface area contributed by atoms with Crippen LogP contribution in [0.3, 0.4) is 0 Å². The van der Waals surface area contributed by atoms with Crippen LogP contribution in [0.25, 0.3) is 0 Å². The summed E-state index contributed by atoms with van der Waals surface area (Å²) in [5.41, 5.74) is 0.830. The summed E-state index contributed by atoms with van der Waals surface area (Å²) >= 11 is 0. The summed E-state index contributed by atoms with van der Waals surface area (Å²) in [6.07, 6.45) is 5.01. The number of rotatable bonds is 4. The van der Waals surface area contributed by atoms with Crippen molar-refractivity contribution < 1.29 is 19.1 Å². The lowest BCUT2D eigenvalue weighted by molar-refractivity contribution is -0.134. The van der Waals surface area contributed by atoms with Crippen LogP contribution < -0.4 is 0 Å². The van der Waals surface area contributed by atoms with Crippen LogP contribution in [-0.2, 0) is 9.53 Å². The van der Waals surface area contributed by atoms with E-state index in [0.29, 0.717) is 17.4 Å². The van der Waals surface area contributed by atoms with Crippen LogP contribution in [0.5, 0.6) is 0 Å². The predicted octanol–water partition coefficient (Wildman–Crippen LogP) is 2.06. The lowest BCUT2D eigenvalue weighted by Crippen LogP contribution is -2.35. The van der Waals surface area contributed by atoms with Gasteiger partial charge in [-0.1, -0.05) is 25.0 Å². The lowest BCUT2D eigenvalue weighted by atomic mass is 10.1. The van der Waals surface area contributed by atoms with Crippen LogP contribution in [0.1, 0.15) is 46.4 Å². The molecule has 1 aromatic rings. The van der Waals surface area contributed by atoms with Crippen LogP contribution in [0.4, 0.5) is 0 Å². The molecule has 1 fully saturated rings. The van der Waals surface area contributed by atoms with Crippen LogP contribution >= 0.6 is 0 Å². The molecule has 1 saturated heterocycles. The Labute approximate surface area is 123 Å². The van der Waals surface area contributed by atoms with Crippen molar-refractivity contribution in [1.29, 1.82) is 0 Å². The first-order chi connectivity index (χ1) is 10.2. The Morgan fingerprint density at radius 1 is 1.05 bits per heavy atom. The summed E-state index contributed by atoms with van der Waals surface area (Å²) in [5.74, 6) is -0.689. The number of aldehydes is 1. The van der Waals surface area contributed by atoms with Gasteiger partial charge < -0.3 is 9.64 Å². The molecule has 0 unspecified atom stereocenters. The Balaban J connectivity index is 1.84. The monoisotopic (exact) mass is 289 g/mol. The van der Waals surface area contributed by atoms with Gasteiger partial charge in [0.25, 0.3) is 5.91 Å². The molecule has 21 heavy (non-hydrogen) atoms. The van der Waals surface area contributed by atoms with Crippen LogP contribution in [0.2, 0.25) is 0 Å². The number of ether oxygens (including phenoxy) is 1. The van der Waals surface area contributed by atoms with Gasteiger partial charge in [-0.2, -0.15) is 0 Å². The zero-order valence-electron chi connectivity index (χ0n) is 11.9. The SMILES string of the molecule is O=Cc1ccc(C(=O)OCC(=O)N2CCCCCC2)cc1. The van der Waals surface area contributed by atoms with E-state index in [1.165, 1.54) is 12.1 Å². The van der Waals surface area contributed by atoms with E-state index >= 15 is 0 Å². The molecule has 0 radical (unpaired) electrons. The molecule has 2 rings (SSSR count). The Morgan fingerprint density at radius 2 is 1.67 bits per heavy atom. The molecule has 1 amide bonds. The molecule has 0 spiro atoms. The Kier molecular flexibility index (Phi) is 5.49. The highest BCUT2D eigenvalue weighted by Crippen LogP contribution is 2.10. The van der Waals surface area contributed by atoms with Gasteiger partial charge >= 0.3 is 5.97 Å². The lowest BCUT2D eigenvalue weighted by Gasteiger charge is -2.19. The summed E-state index contributed by atoms with van der Waals surface area (Å²) in [5, 5.41) is 0. The van der Waals surface area contributed by atoms with Gasteiger partial charge in [-0.25, -0.2) is 4.79 Å². The maximum atomic E-state index is 12.0. The summed E-state index contributed by atoms with van der Waals surface area (Å²) in [4.78, 5) is 36.1. The van der Waals surface area contributed by atoms with Gasteiger partial charge in [0.1, 0.15) is 6.29 Å². The zero-order chi connectivity index (χ0) is 15.1. The molecule has 112 valence electrons. The van der Waals surface area contributed by atoms with Gasteiger partial charge in [-0.05, 0) is 25.0 Å². The molecule has 0 bridgehead atoms. The minimum Gasteiger partial charge on any atom is -0.452 e. The van der Waals surface area contributed by atoms with E-state index in [9.17, 15) is 14.4 Å². The van der Waals surface area contributed by atoms with E-state index in [-0.39, 0.29) is 12.5 Å². The third kappa shape index (κ3) is 4.41. The Bertz CT molecular complexity index is 502. The van der Waals surface area contributed by atoms with E-state index in [1.54, 1.807) is 17.0 Å². The first kappa shape index (κ1) is 15.2. The molecule has 1 aromatic carbocycles. The van der Waals surface area contributed by atoms with Gasteiger partial charge in [0.05, 0.1) is 5.56 Å². The maximum Gasteiger partial charge on any atom is 0.338 e. The largest absolute Gasteiger partial charge is 0.452 e. The number of carbonyl (C=O) groups is 3. The number of carbonyl (C=O) groups excluding carboxylic acids is 3. The summed E-state index contributed by atoms with van der Waals surface area (Å²) in [7, 11) is 0. The summed E-state index contributed by atoms with van der Waals surface area (Å²) in [6, 6.07) is 6.12. The molecular formula is C16H19NO4. The number of amides is 1. The van der Waals surface area contributed by atoms with Gasteiger partial charge in [-0.3, -0.25) is 9.59 Å². The first-order valence-corrected chi connectivity index (χ1v) is 7.21. The van der Waals surface area contributed by atoms with Crippen LogP contribution in [0, 0.1) is 0 Å². The standard InChI is InChI=1S/C16H19NO4/c18-11-13-5-7-14(8-6-13)16(20)21-12-15(19)17-9-3-1-2-4-10-17/h5-8,11H,1-4,9-10,12H2. The van der Waals surface area contributed by atoms with Gasteiger partial charge in [0, 0.05) is 18.7 Å². The third-order valence-corrected chi connectivity index (χ3v) is 3.57. The molecule has 1 aliphatic rings. The van der Waals surface area contributed by atoms with E-state index in [2.05, 4.69) is 0 Å². The fourth-order valence-electron chi connectivity index (χ4n) is 2.32. The van der Waals surface area contributed by atoms with Crippen molar-refractivity contribution in [3.63, 3.8) is 0 Å². The second kappa shape index (κ2) is 7.57. The van der Waals surface area contributed by atoms with Crippen LogP contribution in [-0.4, -0.2) is 42.8 Å². The third-order valence-electron chi connectivity index (χ3n) is 3.57. The maximum absolute atomic E-state index is 12.0. The number of benzene rings is 1. The second-order valence-electron chi connectivity index (χ2n) is 5.11. The molecule has 0 aromatic heterocycles. The Hall–Kier alpha value is -2.17. The highest BCUT2D eigenvalue weighted by atomic mass is 16.5. The number of hydrogen-bond donors (Lipinski definition) is 0. The number of hydrogen-bond acceptors (Lipinski definition) is 4. The molecule has 1 aliphatic heterocycles. The normalized spacial score (nSPS) is 15.1. The van der Waals surface area contributed by atoms with Crippen molar-refractivity contribution >= 4 is 18.2 Å². The minimum atomic E-state index is -0.546. The highest BCUT2D eigenvalue weighted by molar-refractivity contribution is 5.92. The zero-order valence-corrected chi connectivity index (χ0v) is 11.9. The number of likely N-dealkylation sites (tertiary alicyclic amines) is 1. The average molecular weight is 289 g/mol.